The quantitative estimate of drug-likeness (QED) is 0.489. The first-order valence-corrected chi connectivity index (χ1v) is 10.1. The van der Waals surface area contributed by atoms with Crippen molar-refractivity contribution in [3.63, 3.8) is 0 Å². The third-order valence-corrected chi connectivity index (χ3v) is 5.20. The number of hydrogen-bond donors (Lipinski definition) is 1. The lowest BCUT2D eigenvalue weighted by molar-refractivity contribution is 0.0825. The molecule has 0 aliphatic carbocycles. The summed E-state index contributed by atoms with van der Waals surface area (Å²) >= 11 is 0. The van der Waals surface area contributed by atoms with Gasteiger partial charge in [-0.15, -0.1) is 0 Å². The lowest BCUT2D eigenvalue weighted by Crippen LogP contribution is -2.28. The van der Waals surface area contributed by atoms with Crippen LogP contribution in [0.15, 0.2) is 84.9 Å². The number of para-hydroxylation sites is 1. The molecule has 28 heavy (non-hydrogen) atoms. The minimum absolute atomic E-state index is 0.282. The van der Waals surface area contributed by atoms with E-state index in [1.165, 1.54) is 11.1 Å². The summed E-state index contributed by atoms with van der Waals surface area (Å²) in [5.74, 6) is 1.85. The number of ether oxygens (including phenoxy) is 1. The number of rotatable bonds is 6. The molecule has 3 aromatic rings. The molecule has 0 fully saturated rings. The molecule has 2 atom stereocenters. The van der Waals surface area contributed by atoms with Gasteiger partial charge in [0.2, 0.25) is 0 Å². The van der Waals surface area contributed by atoms with Gasteiger partial charge >= 0.3 is 0 Å². The van der Waals surface area contributed by atoms with E-state index >= 15 is 0 Å². The van der Waals surface area contributed by atoms with Gasteiger partial charge in [-0.1, -0.05) is 81.4 Å². The Balaban J connectivity index is 0.000000336. The smallest absolute Gasteiger partial charge is 0.131 e. The summed E-state index contributed by atoms with van der Waals surface area (Å²) < 4.78 is 6.37. The molecule has 2 nitrogen and oxygen atoms in total. The van der Waals surface area contributed by atoms with Crippen molar-refractivity contribution in [3.05, 3.63) is 96.1 Å². The lowest BCUT2D eigenvalue weighted by atomic mass is 9.92. The van der Waals surface area contributed by atoms with Crippen molar-refractivity contribution in [2.24, 2.45) is 0 Å². The maximum atomic E-state index is 8.63. The fourth-order valence-corrected chi connectivity index (χ4v) is 2.93. The molecule has 2 unspecified atom stereocenters. The second-order valence-electron chi connectivity index (χ2n) is 7.27. The Morgan fingerprint density at radius 3 is 1.96 bits per heavy atom. The number of benzene rings is 3. The van der Waals surface area contributed by atoms with Crippen molar-refractivity contribution in [1.29, 1.82) is 0 Å². The molecule has 148 valence electrons. The summed E-state index contributed by atoms with van der Waals surface area (Å²) in [4.78, 5) is 0. The number of aromatic hydroxyl groups is 1. The average molecular weight is 377 g/mol. The van der Waals surface area contributed by atoms with E-state index < -0.39 is 0 Å². The van der Waals surface area contributed by atoms with E-state index in [2.05, 4.69) is 76.2 Å². The van der Waals surface area contributed by atoms with Crippen molar-refractivity contribution in [1.82, 2.24) is 0 Å². The summed E-state index contributed by atoms with van der Waals surface area (Å²) in [5, 5.41) is 8.63. The third-order valence-electron chi connectivity index (χ3n) is 5.20. The van der Waals surface area contributed by atoms with Crippen LogP contribution in [0.5, 0.6) is 11.5 Å². The molecule has 0 spiro atoms. The molecule has 3 rings (SSSR count). The summed E-state index contributed by atoms with van der Waals surface area (Å²) in [6.07, 6.45) is 2.08. The first kappa shape index (κ1) is 21.6. The summed E-state index contributed by atoms with van der Waals surface area (Å²) in [7, 11) is 0. The zero-order chi connectivity index (χ0) is 20.4. The molecule has 0 saturated carbocycles. The van der Waals surface area contributed by atoms with Gasteiger partial charge in [0.05, 0.1) is 0 Å². The van der Waals surface area contributed by atoms with Gasteiger partial charge in [-0.25, -0.2) is 0 Å². The van der Waals surface area contributed by atoms with Crippen molar-refractivity contribution in [3.8, 4) is 11.5 Å². The summed E-state index contributed by atoms with van der Waals surface area (Å²) in [6.45, 7) is 8.82. The van der Waals surface area contributed by atoms with Crippen LogP contribution in [0, 0.1) is 0 Å². The average Bonchev–Trinajstić information content (AvgIpc) is 2.75. The monoisotopic (exact) mass is 376 g/mol. The minimum atomic E-state index is -0.282. The van der Waals surface area contributed by atoms with Crippen molar-refractivity contribution in [2.45, 2.75) is 52.1 Å². The van der Waals surface area contributed by atoms with E-state index in [1.807, 2.05) is 12.1 Å². The van der Waals surface area contributed by atoms with Gasteiger partial charge in [0.1, 0.15) is 17.1 Å². The van der Waals surface area contributed by atoms with Crippen LogP contribution in [0.2, 0.25) is 0 Å². The maximum absolute atomic E-state index is 8.63. The Bertz CT molecular complexity index is 814. The van der Waals surface area contributed by atoms with Crippen LogP contribution in [-0.2, 0) is 5.60 Å². The van der Waals surface area contributed by atoms with Gasteiger partial charge in [-0.3, -0.25) is 0 Å². The molecule has 0 aliphatic heterocycles. The van der Waals surface area contributed by atoms with Crippen LogP contribution in [0.3, 0.4) is 0 Å². The van der Waals surface area contributed by atoms with E-state index in [0.29, 0.717) is 11.7 Å². The minimum Gasteiger partial charge on any atom is -0.508 e. The highest BCUT2D eigenvalue weighted by Gasteiger charge is 2.26. The van der Waals surface area contributed by atoms with Crippen LogP contribution in [0.4, 0.5) is 0 Å². The fraction of sp³-hybridized carbons (Fsp3) is 0.308. The Morgan fingerprint density at radius 1 is 0.857 bits per heavy atom. The number of phenolic OH excluding ortho intramolecular Hbond substituents is 1. The van der Waals surface area contributed by atoms with Gasteiger partial charge in [0.25, 0.3) is 0 Å². The maximum Gasteiger partial charge on any atom is 0.131 e. The third kappa shape index (κ3) is 6.16. The number of phenols is 1. The van der Waals surface area contributed by atoms with Gasteiger partial charge in [-0.05, 0) is 61.1 Å². The molecule has 0 heterocycles. The molecule has 0 amide bonds. The zero-order valence-electron chi connectivity index (χ0n) is 17.4. The molecule has 1 N–H and O–H groups in total. The normalized spacial score (nSPS) is 13.6. The predicted octanol–water partition coefficient (Wildman–Crippen LogP) is 7.30. The number of hydrogen-bond acceptors (Lipinski definition) is 2. The SMILES string of the molecule is CCC(C)c1cccc(OC(C)(CC)c2ccccc2)c1.Oc1ccccc1. The summed E-state index contributed by atoms with van der Waals surface area (Å²) in [5.41, 5.74) is 2.29. The van der Waals surface area contributed by atoms with Gasteiger partial charge < -0.3 is 9.84 Å². The van der Waals surface area contributed by atoms with Crippen LogP contribution in [-0.4, -0.2) is 5.11 Å². The van der Waals surface area contributed by atoms with Gasteiger partial charge in [0, 0.05) is 0 Å². The largest absolute Gasteiger partial charge is 0.508 e. The Hall–Kier alpha value is -2.74. The van der Waals surface area contributed by atoms with E-state index in [0.717, 1.165) is 18.6 Å². The fourth-order valence-electron chi connectivity index (χ4n) is 2.93. The first-order valence-electron chi connectivity index (χ1n) is 10.1. The van der Waals surface area contributed by atoms with Crippen LogP contribution in [0.25, 0.3) is 0 Å². The second kappa shape index (κ2) is 10.6. The second-order valence-corrected chi connectivity index (χ2v) is 7.27. The molecule has 0 radical (unpaired) electrons. The standard InChI is InChI=1S/C20H26O.C6H6O/c1-5-16(3)17-11-10-14-19(15-17)21-20(4,6-2)18-12-8-7-9-13-18;7-6-4-2-1-3-5-6/h7-16H,5-6H2,1-4H3;1-5,7H. The molecule has 3 aromatic carbocycles. The van der Waals surface area contributed by atoms with Crippen molar-refractivity contribution >= 4 is 0 Å². The molecular weight excluding hydrogens is 344 g/mol. The van der Waals surface area contributed by atoms with E-state index in [4.69, 9.17) is 9.84 Å². The lowest BCUT2D eigenvalue weighted by Gasteiger charge is -2.30. The molecular formula is C26H32O2. The Morgan fingerprint density at radius 2 is 1.46 bits per heavy atom. The highest BCUT2D eigenvalue weighted by atomic mass is 16.5. The van der Waals surface area contributed by atoms with Crippen LogP contribution >= 0.6 is 0 Å². The Labute approximate surface area is 169 Å². The van der Waals surface area contributed by atoms with E-state index in [-0.39, 0.29) is 5.60 Å². The highest BCUT2D eigenvalue weighted by Crippen LogP contribution is 2.32. The molecule has 2 heteroatoms. The Kier molecular flexibility index (Phi) is 8.13. The molecule has 0 bridgehead atoms. The predicted molar refractivity (Wildman–Crippen MR) is 118 cm³/mol. The zero-order valence-corrected chi connectivity index (χ0v) is 17.4. The highest BCUT2D eigenvalue weighted by molar-refractivity contribution is 5.32. The summed E-state index contributed by atoms with van der Waals surface area (Å²) in [6, 6.07) is 27.7. The van der Waals surface area contributed by atoms with Gasteiger partial charge in [-0.2, -0.15) is 0 Å². The van der Waals surface area contributed by atoms with Gasteiger partial charge in [0.15, 0.2) is 0 Å². The molecule has 0 aromatic heterocycles. The molecule has 0 saturated heterocycles. The van der Waals surface area contributed by atoms with Crippen LogP contribution in [0.1, 0.15) is 57.6 Å². The van der Waals surface area contributed by atoms with Crippen LogP contribution < -0.4 is 4.74 Å². The topological polar surface area (TPSA) is 29.5 Å². The first-order chi connectivity index (χ1) is 13.5. The molecule has 0 aliphatic rings. The van der Waals surface area contributed by atoms with E-state index in [9.17, 15) is 0 Å². The van der Waals surface area contributed by atoms with E-state index in [1.54, 1.807) is 24.3 Å². The van der Waals surface area contributed by atoms with Crippen molar-refractivity contribution in [2.75, 3.05) is 0 Å². The van der Waals surface area contributed by atoms with Crippen molar-refractivity contribution < 1.29 is 9.84 Å².